The predicted octanol–water partition coefficient (Wildman–Crippen LogP) is 5.87. The summed E-state index contributed by atoms with van der Waals surface area (Å²) >= 11 is -1.28. The standard InChI is InChI=1S/C24H22F5N3O2S/c1-35(34)18-5-2-4-17(14-18)30-22(33)19-12-15-6-7-16(24(27,28)29)13-20(15)31-21(19)32-10-3-8-23(25,26)9-11-32/h2,4-7,12-14H,3,8-11H2,1H3,(H,30,33). The fourth-order valence-corrected chi connectivity index (χ4v) is 4.53. The fourth-order valence-electron chi connectivity index (χ4n) is 3.97. The van der Waals surface area contributed by atoms with Crippen LogP contribution in [-0.4, -0.2) is 40.7 Å². The van der Waals surface area contributed by atoms with E-state index in [-0.39, 0.29) is 42.8 Å². The van der Waals surface area contributed by atoms with Crippen LogP contribution in [0.1, 0.15) is 35.2 Å². The van der Waals surface area contributed by atoms with Gasteiger partial charge >= 0.3 is 6.18 Å². The zero-order valence-electron chi connectivity index (χ0n) is 18.7. The van der Waals surface area contributed by atoms with Gasteiger partial charge in [0.05, 0.1) is 16.6 Å². The largest absolute Gasteiger partial charge is 0.612 e. The van der Waals surface area contributed by atoms with Crippen molar-refractivity contribution < 1.29 is 31.3 Å². The SMILES string of the molecule is C[S+]([O-])c1cccc(NC(=O)c2cc3ccc(C(F)(F)F)cc3nc2N2CCCC(F)(F)CC2)c1. The van der Waals surface area contributed by atoms with Gasteiger partial charge in [0, 0.05) is 43.1 Å². The van der Waals surface area contributed by atoms with Crippen LogP contribution in [0.15, 0.2) is 53.4 Å². The zero-order chi connectivity index (χ0) is 25.4. The summed E-state index contributed by atoms with van der Waals surface area (Å²) in [5.74, 6) is -3.43. The lowest BCUT2D eigenvalue weighted by Crippen LogP contribution is -2.29. The molecule has 1 aliphatic heterocycles. The summed E-state index contributed by atoms with van der Waals surface area (Å²) in [6, 6.07) is 10.8. The van der Waals surface area contributed by atoms with Crippen molar-refractivity contribution in [1.29, 1.82) is 0 Å². The van der Waals surface area contributed by atoms with Gasteiger partial charge in [0.25, 0.3) is 5.91 Å². The molecule has 0 bridgehead atoms. The number of alkyl halides is 5. The molecule has 35 heavy (non-hydrogen) atoms. The summed E-state index contributed by atoms with van der Waals surface area (Å²) in [4.78, 5) is 19.6. The van der Waals surface area contributed by atoms with Crippen LogP contribution < -0.4 is 10.2 Å². The first kappa shape index (κ1) is 25.2. The van der Waals surface area contributed by atoms with Crippen molar-refractivity contribution in [1.82, 2.24) is 4.98 Å². The second-order valence-electron chi connectivity index (χ2n) is 8.40. The molecule has 2 aromatic carbocycles. The fraction of sp³-hybridized carbons (Fsp3) is 0.333. The van der Waals surface area contributed by atoms with Gasteiger partial charge < -0.3 is 14.8 Å². The molecule has 1 unspecified atom stereocenters. The molecular formula is C24H22F5N3O2S. The van der Waals surface area contributed by atoms with E-state index >= 15 is 0 Å². The summed E-state index contributed by atoms with van der Waals surface area (Å²) in [5, 5.41) is 3.00. The highest BCUT2D eigenvalue weighted by Crippen LogP contribution is 2.35. The molecule has 1 atom stereocenters. The minimum atomic E-state index is -4.58. The van der Waals surface area contributed by atoms with Crippen LogP contribution in [-0.2, 0) is 17.4 Å². The van der Waals surface area contributed by atoms with Gasteiger partial charge in [0.2, 0.25) is 5.92 Å². The number of fused-ring (bicyclic) bond motifs is 1. The lowest BCUT2D eigenvalue weighted by atomic mass is 10.1. The van der Waals surface area contributed by atoms with Crippen molar-refractivity contribution >= 4 is 39.5 Å². The Morgan fingerprint density at radius 3 is 2.60 bits per heavy atom. The van der Waals surface area contributed by atoms with E-state index in [0.717, 1.165) is 12.1 Å². The van der Waals surface area contributed by atoms with Crippen LogP contribution in [0.4, 0.5) is 33.5 Å². The van der Waals surface area contributed by atoms with Gasteiger partial charge in [-0.3, -0.25) is 4.79 Å². The van der Waals surface area contributed by atoms with E-state index in [1.807, 2.05) is 0 Å². The Morgan fingerprint density at radius 2 is 1.89 bits per heavy atom. The molecule has 1 N–H and O–H groups in total. The van der Waals surface area contributed by atoms with Gasteiger partial charge in [-0.25, -0.2) is 13.8 Å². The van der Waals surface area contributed by atoms with Crippen molar-refractivity contribution in [2.24, 2.45) is 0 Å². The molecule has 1 aromatic heterocycles. The monoisotopic (exact) mass is 511 g/mol. The molecule has 0 spiro atoms. The van der Waals surface area contributed by atoms with Crippen LogP contribution in [0, 0.1) is 0 Å². The van der Waals surface area contributed by atoms with Crippen molar-refractivity contribution in [3.63, 3.8) is 0 Å². The number of rotatable bonds is 4. The number of hydrogen-bond donors (Lipinski definition) is 1. The Kier molecular flexibility index (Phi) is 6.92. The van der Waals surface area contributed by atoms with E-state index in [2.05, 4.69) is 10.3 Å². The van der Waals surface area contributed by atoms with Gasteiger partial charge in [-0.2, -0.15) is 13.2 Å². The first-order chi connectivity index (χ1) is 16.4. The molecule has 186 valence electrons. The number of nitrogens with zero attached hydrogens (tertiary/aromatic N) is 2. The number of pyridine rings is 1. The lowest BCUT2D eigenvalue weighted by Gasteiger charge is -2.24. The third-order valence-corrected chi connectivity index (χ3v) is 6.73. The normalized spacial score (nSPS) is 17.2. The molecule has 0 saturated carbocycles. The number of nitrogens with one attached hydrogen (secondary N) is 1. The molecular weight excluding hydrogens is 489 g/mol. The Bertz CT molecular complexity index is 1250. The molecule has 1 aliphatic rings. The number of amides is 1. The predicted molar refractivity (Wildman–Crippen MR) is 124 cm³/mol. The highest BCUT2D eigenvalue weighted by molar-refractivity contribution is 7.90. The van der Waals surface area contributed by atoms with Gasteiger partial charge in [0.1, 0.15) is 12.1 Å². The van der Waals surface area contributed by atoms with E-state index in [1.165, 1.54) is 23.3 Å². The van der Waals surface area contributed by atoms with Gasteiger partial charge in [-0.15, -0.1) is 0 Å². The molecule has 4 rings (SSSR count). The first-order valence-corrected chi connectivity index (χ1v) is 12.4. The number of aromatic nitrogens is 1. The summed E-state index contributed by atoms with van der Waals surface area (Å²) in [7, 11) is 0. The van der Waals surface area contributed by atoms with Crippen molar-refractivity contribution in [3.8, 4) is 0 Å². The number of anilines is 2. The van der Waals surface area contributed by atoms with E-state index < -0.39 is 41.2 Å². The smallest absolute Gasteiger partial charge is 0.416 e. The molecule has 11 heteroatoms. The molecule has 3 aromatic rings. The molecule has 2 heterocycles. The molecule has 5 nitrogen and oxygen atoms in total. The van der Waals surface area contributed by atoms with Crippen LogP contribution >= 0.6 is 0 Å². The van der Waals surface area contributed by atoms with Crippen molar-refractivity contribution in [2.75, 3.05) is 29.6 Å². The summed E-state index contributed by atoms with van der Waals surface area (Å²) in [5.41, 5.74) is -0.479. The summed E-state index contributed by atoms with van der Waals surface area (Å²) in [6.07, 6.45) is -3.73. The first-order valence-electron chi connectivity index (χ1n) is 10.8. The number of halogens is 5. The highest BCUT2D eigenvalue weighted by Gasteiger charge is 2.34. The number of hydrogen-bond acceptors (Lipinski definition) is 4. The topological polar surface area (TPSA) is 68.3 Å². The maximum atomic E-state index is 14.0. The third kappa shape index (κ3) is 5.84. The Morgan fingerprint density at radius 1 is 1.11 bits per heavy atom. The number of carbonyl (C=O) groups excluding carboxylic acids is 1. The van der Waals surface area contributed by atoms with E-state index in [9.17, 15) is 31.3 Å². The van der Waals surface area contributed by atoms with Crippen LogP contribution in [0.3, 0.4) is 0 Å². The average Bonchev–Trinajstić information content (AvgIpc) is 2.97. The minimum absolute atomic E-state index is 0.00533. The summed E-state index contributed by atoms with van der Waals surface area (Å²) < 4.78 is 79.4. The number of carbonyl (C=O) groups is 1. The molecule has 1 amide bonds. The van der Waals surface area contributed by atoms with E-state index in [1.54, 1.807) is 24.3 Å². The van der Waals surface area contributed by atoms with Gasteiger partial charge in [-0.05, 0) is 47.9 Å². The maximum Gasteiger partial charge on any atom is 0.416 e. The quantitative estimate of drug-likeness (QED) is 0.352. The van der Waals surface area contributed by atoms with E-state index in [4.69, 9.17) is 0 Å². The maximum absolute atomic E-state index is 14.0. The lowest BCUT2D eigenvalue weighted by molar-refractivity contribution is -0.137. The average molecular weight is 512 g/mol. The second-order valence-corrected chi connectivity index (χ2v) is 9.78. The third-order valence-electron chi connectivity index (χ3n) is 5.81. The van der Waals surface area contributed by atoms with Crippen molar-refractivity contribution in [3.05, 3.63) is 59.7 Å². The Balaban J connectivity index is 1.77. The van der Waals surface area contributed by atoms with Crippen LogP contribution in [0.25, 0.3) is 10.9 Å². The van der Waals surface area contributed by atoms with Gasteiger partial charge in [0.15, 0.2) is 4.90 Å². The van der Waals surface area contributed by atoms with Crippen LogP contribution in [0.2, 0.25) is 0 Å². The summed E-state index contributed by atoms with van der Waals surface area (Å²) in [6.45, 7) is 0.0761. The van der Waals surface area contributed by atoms with Crippen LogP contribution in [0.5, 0.6) is 0 Å². The Hall–Kier alpha value is -2.92. The Labute approximate surface area is 201 Å². The highest BCUT2D eigenvalue weighted by atomic mass is 32.2. The molecule has 0 aliphatic carbocycles. The molecule has 1 saturated heterocycles. The molecule has 1 fully saturated rings. The minimum Gasteiger partial charge on any atom is -0.612 e. The number of benzene rings is 2. The second kappa shape index (κ2) is 9.62. The zero-order valence-corrected chi connectivity index (χ0v) is 19.5. The van der Waals surface area contributed by atoms with Crippen molar-refractivity contribution in [2.45, 2.75) is 36.3 Å². The van der Waals surface area contributed by atoms with Gasteiger partial charge in [-0.1, -0.05) is 12.1 Å². The van der Waals surface area contributed by atoms with E-state index in [0.29, 0.717) is 16.0 Å². The molecule has 0 radical (unpaired) electrons.